The molecule has 0 aliphatic heterocycles. The largest absolute Gasteiger partial charge is 0.375 e. The summed E-state index contributed by atoms with van der Waals surface area (Å²) in [4.78, 5) is 0. The molecular formula is C16H26F2O2. The number of halogens is 2. The van der Waals surface area contributed by atoms with Crippen molar-refractivity contribution in [1.29, 1.82) is 0 Å². The van der Waals surface area contributed by atoms with E-state index in [4.69, 9.17) is 9.47 Å². The zero-order valence-electron chi connectivity index (χ0n) is 12.5. The van der Waals surface area contributed by atoms with Gasteiger partial charge in [-0.25, -0.2) is 8.78 Å². The summed E-state index contributed by atoms with van der Waals surface area (Å²) in [6.07, 6.45) is 5.95. The first-order valence-corrected chi connectivity index (χ1v) is 8.00. The first kappa shape index (κ1) is 14.7. The molecule has 0 amide bonds. The molecule has 4 rings (SSSR count). The Hall–Kier alpha value is -0.220. The first-order valence-electron chi connectivity index (χ1n) is 8.00. The summed E-state index contributed by atoms with van der Waals surface area (Å²) in [5.41, 5.74) is 0.108. The molecule has 0 spiro atoms. The Morgan fingerprint density at radius 2 is 1.80 bits per heavy atom. The van der Waals surface area contributed by atoms with E-state index in [1.165, 1.54) is 19.3 Å². The summed E-state index contributed by atoms with van der Waals surface area (Å²) in [7, 11) is 0. The second-order valence-electron chi connectivity index (χ2n) is 7.34. The molecule has 4 fully saturated rings. The summed E-state index contributed by atoms with van der Waals surface area (Å²) >= 11 is 0. The standard InChI is InChI=1S/C16H26F2O2/c1-3-20-16-6-11-4-12(7-16)14(13(5-11)8-16)9-19-10-15(2,17)18/h11-14H,3-10H2,1-2H3. The highest BCUT2D eigenvalue weighted by Gasteiger charge is 2.55. The van der Waals surface area contributed by atoms with Crippen LogP contribution in [-0.4, -0.2) is 31.3 Å². The van der Waals surface area contributed by atoms with Crippen LogP contribution in [0.2, 0.25) is 0 Å². The predicted octanol–water partition coefficient (Wildman–Crippen LogP) is 3.89. The van der Waals surface area contributed by atoms with E-state index in [9.17, 15) is 8.78 Å². The normalized spacial score (nSPS) is 43.2. The van der Waals surface area contributed by atoms with Crippen LogP contribution < -0.4 is 0 Å². The molecule has 116 valence electrons. The predicted molar refractivity (Wildman–Crippen MR) is 72.8 cm³/mol. The fraction of sp³-hybridized carbons (Fsp3) is 1.00. The third kappa shape index (κ3) is 2.87. The lowest BCUT2D eigenvalue weighted by atomic mass is 9.50. The van der Waals surface area contributed by atoms with E-state index >= 15 is 0 Å². The smallest absolute Gasteiger partial charge is 0.268 e. The molecule has 4 aliphatic carbocycles. The van der Waals surface area contributed by atoms with Crippen LogP contribution >= 0.6 is 0 Å². The Labute approximate surface area is 120 Å². The van der Waals surface area contributed by atoms with Crippen molar-refractivity contribution in [3.63, 3.8) is 0 Å². The maximum absolute atomic E-state index is 12.9. The van der Waals surface area contributed by atoms with Gasteiger partial charge in [0, 0.05) is 13.5 Å². The van der Waals surface area contributed by atoms with Crippen LogP contribution in [0.25, 0.3) is 0 Å². The molecule has 0 radical (unpaired) electrons. The lowest BCUT2D eigenvalue weighted by Gasteiger charge is -2.59. The molecule has 0 heterocycles. The van der Waals surface area contributed by atoms with Crippen molar-refractivity contribution in [3.8, 4) is 0 Å². The van der Waals surface area contributed by atoms with E-state index in [1.54, 1.807) is 0 Å². The molecule has 2 atom stereocenters. The van der Waals surface area contributed by atoms with Gasteiger partial charge < -0.3 is 9.47 Å². The number of hydrogen-bond acceptors (Lipinski definition) is 2. The monoisotopic (exact) mass is 288 g/mol. The van der Waals surface area contributed by atoms with E-state index in [0.29, 0.717) is 24.4 Å². The summed E-state index contributed by atoms with van der Waals surface area (Å²) < 4.78 is 37.1. The van der Waals surface area contributed by atoms with E-state index in [-0.39, 0.29) is 5.60 Å². The van der Waals surface area contributed by atoms with Gasteiger partial charge in [-0.1, -0.05) is 0 Å². The van der Waals surface area contributed by atoms with Gasteiger partial charge in [0.05, 0.1) is 12.2 Å². The summed E-state index contributed by atoms with van der Waals surface area (Å²) in [5.74, 6) is -0.194. The number of alkyl halides is 2. The van der Waals surface area contributed by atoms with Crippen LogP contribution in [0.5, 0.6) is 0 Å². The second kappa shape index (κ2) is 5.20. The van der Waals surface area contributed by atoms with E-state index in [1.807, 2.05) is 0 Å². The van der Waals surface area contributed by atoms with E-state index < -0.39 is 12.5 Å². The van der Waals surface area contributed by atoms with Crippen molar-refractivity contribution in [1.82, 2.24) is 0 Å². The van der Waals surface area contributed by atoms with Gasteiger partial charge in [0.25, 0.3) is 5.92 Å². The number of ether oxygens (including phenoxy) is 2. The van der Waals surface area contributed by atoms with Crippen LogP contribution in [0.4, 0.5) is 8.78 Å². The van der Waals surface area contributed by atoms with Crippen LogP contribution in [0, 0.1) is 23.7 Å². The van der Waals surface area contributed by atoms with Crippen LogP contribution in [-0.2, 0) is 9.47 Å². The zero-order valence-corrected chi connectivity index (χ0v) is 12.5. The molecule has 0 N–H and O–H groups in total. The molecular weight excluding hydrogens is 262 g/mol. The number of hydrogen-bond donors (Lipinski definition) is 0. The van der Waals surface area contributed by atoms with E-state index in [0.717, 1.165) is 32.3 Å². The van der Waals surface area contributed by atoms with Gasteiger partial charge in [-0.3, -0.25) is 0 Å². The van der Waals surface area contributed by atoms with Gasteiger partial charge in [0.1, 0.15) is 6.61 Å². The minimum atomic E-state index is -2.71. The van der Waals surface area contributed by atoms with Gasteiger partial charge in [-0.05, 0) is 62.7 Å². The maximum Gasteiger partial charge on any atom is 0.268 e. The minimum absolute atomic E-state index is 0.108. The molecule has 4 aliphatic rings. The molecule has 0 saturated heterocycles. The van der Waals surface area contributed by atoms with Gasteiger partial charge in [-0.15, -0.1) is 0 Å². The summed E-state index contributed by atoms with van der Waals surface area (Å²) in [6.45, 7) is 3.85. The van der Waals surface area contributed by atoms with Gasteiger partial charge in [0.15, 0.2) is 0 Å². The molecule has 0 aromatic carbocycles. The quantitative estimate of drug-likeness (QED) is 0.738. The minimum Gasteiger partial charge on any atom is -0.375 e. The lowest BCUT2D eigenvalue weighted by Crippen LogP contribution is -2.56. The Morgan fingerprint density at radius 1 is 1.15 bits per heavy atom. The van der Waals surface area contributed by atoms with Crippen molar-refractivity contribution in [3.05, 3.63) is 0 Å². The Bertz CT molecular complexity index is 337. The molecule has 4 bridgehead atoms. The molecule has 2 unspecified atom stereocenters. The summed E-state index contributed by atoms with van der Waals surface area (Å²) in [6, 6.07) is 0. The van der Waals surface area contributed by atoms with Gasteiger partial charge >= 0.3 is 0 Å². The third-order valence-electron chi connectivity index (χ3n) is 5.53. The fourth-order valence-electron chi connectivity index (χ4n) is 5.18. The SMILES string of the molecule is CCOC12CC3CC(C1)C(COCC(C)(F)F)C(C3)C2. The van der Waals surface area contributed by atoms with Crippen molar-refractivity contribution in [2.75, 3.05) is 19.8 Å². The highest BCUT2D eigenvalue weighted by Crippen LogP contribution is 2.59. The lowest BCUT2D eigenvalue weighted by molar-refractivity contribution is -0.192. The van der Waals surface area contributed by atoms with E-state index in [2.05, 4.69) is 6.92 Å². The van der Waals surface area contributed by atoms with Crippen LogP contribution in [0.1, 0.15) is 46.0 Å². The maximum atomic E-state index is 12.9. The van der Waals surface area contributed by atoms with Crippen molar-refractivity contribution < 1.29 is 18.3 Å². The molecule has 0 aromatic rings. The molecule has 4 saturated carbocycles. The molecule has 20 heavy (non-hydrogen) atoms. The molecule has 0 aromatic heterocycles. The van der Waals surface area contributed by atoms with Crippen molar-refractivity contribution in [2.24, 2.45) is 23.7 Å². The van der Waals surface area contributed by atoms with Gasteiger partial charge in [-0.2, -0.15) is 0 Å². The fourth-order valence-corrected chi connectivity index (χ4v) is 5.18. The van der Waals surface area contributed by atoms with Gasteiger partial charge in [0.2, 0.25) is 0 Å². The number of rotatable bonds is 6. The Kier molecular flexibility index (Phi) is 3.83. The van der Waals surface area contributed by atoms with Crippen molar-refractivity contribution in [2.45, 2.75) is 57.5 Å². The van der Waals surface area contributed by atoms with Crippen LogP contribution in [0.3, 0.4) is 0 Å². The molecule has 2 nitrogen and oxygen atoms in total. The first-order chi connectivity index (χ1) is 9.41. The van der Waals surface area contributed by atoms with Crippen LogP contribution in [0.15, 0.2) is 0 Å². The third-order valence-corrected chi connectivity index (χ3v) is 5.53. The zero-order chi connectivity index (χ0) is 14.4. The highest BCUT2D eigenvalue weighted by atomic mass is 19.3. The average Bonchev–Trinajstić information content (AvgIpc) is 2.30. The summed E-state index contributed by atoms with van der Waals surface area (Å²) in [5, 5.41) is 0. The van der Waals surface area contributed by atoms with Crippen molar-refractivity contribution >= 4 is 0 Å². The second-order valence-corrected chi connectivity index (χ2v) is 7.34. The topological polar surface area (TPSA) is 18.5 Å². The Morgan fingerprint density at radius 3 is 2.35 bits per heavy atom. The average molecular weight is 288 g/mol. The molecule has 4 heteroatoms. The Balaban J connectivity index is 1.60. The highest BCUT2D eigenvalue weighted by molar-refractivity contribution is 5.06.